The molecule has 4 fully saturated rings. The number of nitrogens with one attached hydrogen (secondary N) is 1. The Bertz CT molecular complexity index is 1100. The van der Waals surface area contributed by atoms with Crippen molar-refractivity contribution in [1.82, 2.24) is 19.6 Å². The Hall–Kier alpha value is -2.58. The lowest BCUT2D eigenvalue weighted by molar-refractivity contribution is -0.183. The predicted octanol–water partition coefficient (Wildman–Crippen LogP) is 4.55. The molecule has 6 nitrogen and oxygen atoms in total. The van der Waals surface area contributed by atoms with Crippen molar-refractivity contribution in [2.24, 2.45) is 29.1 Å². The highest BCUT2D eigenvalue weighted by atomic mass is 19.4. The highest BCUT2D eigenvalue weighted by Crippen LogP contribution is 2.61. The average molecular weight is 477 g/mol. The molecule has 2 amide bonds. The molecule has 3 atom stereocenters. The lowest BCUT2D eigenvalue weighted by Gasteiger charge is -2.60. The Kier molecular flexibility index (Phi) is 5.64. The van der Waals surface area contributed by atoms with E-state index in [-0.39, 0.29) is 37.5 Å². The van der Waals surface area contributed by atoms with Crippen molar-refractivity contribution >= 4 is 17.5 Å². The van der Waals surface area contributed by atoms with Gasteiger partial charge in [0, 0.05) is 25.8 Å². The van der Waals surface area contributed by atoms with Crippen LogP contribution in [-0.2, 0) is 0 Å². The lowest BCUT2D eigenvalue weighted by atomic mass is 9.45. The Morgan fingerprint density at radius 2 is 1.88 bits per heavy atom. The molecule has 0 radical (unpaired) electrons. The number of halogens is 3. The Morgan fingerprint density at radius 3 is 2.53 bits per heavy atom. The lowest BCUT2D eigenvalue weighted by Crippen LogP contribution is -2.54. The molecule has 3 saturated carbocycles. The van der Waals surface area contributed by atoms with E-state index in [4.69, 9.17) is 0 Å². The zero-order valence-corrected chi connectivity index (χ0v) is 19.6. The molecule has 2 aromatic rings. The fourth-order valence-electron chi connectivity index (χ4n) is 6.39. The summed E-state index contributed by atoms with van der Waals surface area (Å²) < 4.78 is 40.4. The van der Waals surface area contributed by atoms with Crippen molar-refractivity contribution in [2.45, 2.75) is 52.1 Å². The second-order valence-corrected chi connectivity index (χ2v) is 10.8. The molecule has 0 unspecified atom stereocenters. The molecule has 2 bridgehead atoms. The number of hydrogen-bond acceptors (Lipinski definition) is 3. The van der Waals surface area contributed by atoms with Crippen LogP contribution in [0.25, 0.3) is 5.65 Å². The number of carbonyl (C=O) groups is 2. The molecule has 6 rings (SSSR count). The van der Waals surface area contributed by atoms with Gasteiger partial charge >= 0.3 is 6.18 Å². The van der Waals surface area contributed by atoms with Gasteiger partial charge in [0.05, 0.1) is 5.92 Å². The highest BCUT2D eigenvalue weighted by Gasteiger charge is 2.54. The smallest absolute Gasteiger partial charge is 0.350 e. The second kappa shape index (κ2) is 8.27. The van der Waals surface area contributed by atoms with Gasteiger partial charge in [-0.2, -0.15) is 13.2 Å². The molecule has 34 heavy (non-hydrogen) atoms. The summed E-state index contributed by atoms with van der Waals surface area (Å²) in [6, 6.07) is 5.12. The van der Waals surface area contributed by atoms with Crippen LogP contribution in [0.15, 0.2) is 24.4 Å². The number of aromatic nitrogens is 2. The Balaban J connectivity index is 1.26. The minimum atomic E-state index is -4.23. The first kappa shape index (κ1) is 23.2. The zero-order chi connectivity index (χ0) is 24.3. The van der Waals surface area contributed by atoms with Gasteiger partial charge in [-0.05, 0) is 67.4 Å². The van der Waals surface area contributed by atoms with E-state index in [0.29, 0.717) is 35.1 Å². The Labute approximate surface area is 196 Å². The number of rotatable bonds is 4. The fourth-order valence-corrected chi connectivity index (χ4v) is 6.39. The van der Waals surface area contributed by atoms with Gasteiger partial charge in [-0.3, -0.25) is 14.0 Å². The monoisotopic (exact) mass is 476 g/mol. The maximum absolute atomic E-state index is 13.0. The third-order valence-corrected chi connectivity index (χ3v) is 8.72. The molecule has 184 valence electrons. The van der Waals surface area contributed by atoms with Crippen LogP contribution >= 0.6 is 0 Å². The summed E-state index contributed by atoms with van der Waals surface area (Å²) >= 11 is 0. The molecule has 0 spiro atoms. The quantitative estimate of drug-likeness (QED) is 0.704. The van der Waals surface area contributed by atoms with Crippen LogP contribution in [0.5, 0.6) is 0 Å². The van der Waals surface area contributed by atoms with Crippen LogP contribution in [-0.4, -0.2) is 51.9 Å². The van der Waals surface area contributed by atoms with Crippen LogP contribution in [0, 0.1) is 29.1 Å². The third-order valence-electron chi connectivity index (χ3n) is 8.72. The first-order valence-electron chi connectivity index (χ1n) is 12.2. The topological polar surface area (TPSA) is 66.7 Å². The van der Waals surface area contributed by atoms with Gasteiger partial charge in [-0.25, -0.2) is 4.98 Å². The van der Waals surface area contributed by atoms with Crippen molar-refractivity contribution in [3.8, 4) is 0 Å². The van der Waals surface area contributed by atoms with E-state index in [1.54, 1.807) is 22.6 Å². The number of amides is 2. The van der Waals surface area contributed by atoms with Crippen LogP contribution in [0.3, 0.4) is 0 Å². The molecule has 9 heteroatoms. The van der Waals surface area contributed by atoms with Gasteiger partial charge in [0.25, 0.3) is 11.8 Å². The highest BCUT2D eigenvalue weighted by molar-refractivity contribution is 5.95. The van der Waals surface area contributed by atoms with E-state index >= 15 is 0 Å². The van der Waals surface area contributed by atoms with E-state index < -0.39 is 18.0 Å². The van der Waals surface area contributed by atoms with Crippen molar-refractivity contribution in [1.29, 1.82) is 0 Å². The van der Waals surface area contributed by atoms with Gasteiger partial charge in [-0.15, -0.1) is 0 Å². The number of hydrogen-bond donors (Lipinski definition) is 1. The number of alkyl halides is 3. The summed E-state index contributed by atoms with van der Waals surface area (Å²) in [4.78, 5) is 31.7. The summed E-state index contributed by atoms with van der Waals surface area (Å²) in [6.07, 6.45) is 0.685. The minimum absolute atomic E-state index is 0.0456. The third kappa shape index (κ3) is 3.96. The van der Waals surface area contributed by atoms with Crippen LogP contribution in [0.1, 0.15) is 66.9 Å². The molecule has 0 aromatic carbocycles. The predicted molar refractivity (Wildman–Crippen MR) is 120 cm³/mol. The number of carbonyl (C=O) groups excluding carboxylic acids is 2. The fraction of sp³-hybridized carbons (Fsp3) is 0.640. The van der Waals surface area contributed by atoms with E-state index in [1.165, 1.54) is 23.9 Å². The van der Waals surface area contributed by atoms with Gasteiger partial charge in [0.15, 0.2) is 0 Å². The number of pyridine rings is 1. The summed E-state index contributed by atoms with van der Waals surface area (Å²) in [6.45, 7) is 5.38. The number of piperidine rings is 1. The summed E-state index contributed by atoms with van der Waals surface area (Å²) in [5, 5.41) is 3.09. The summed E-state index contributed by atoms with van der Waals surface area (Å²) in [7, 11) is 0. The van der Waals surface area contributed by atoms with Crippen molar-refractivity contribution < 1.29 is 22.8 Å². The minimum Gasteiger partial charge on any atom is -0.350 e. The van der Waals surface area contributed by atoms with Crippen LogP contribution in [0.2, 0.25) is 0 Å². The normalized spacial score (nSPS) is 26.9. The van der Waals surface area contributed by atoms with Crippen molar-refractivity contribution in [3.63, 3.8) is 0 Å². The number of likely N-dealkylation sites (tertiary alicyclic amines) is 1. The Morgan fingerprint density at radius 1 is 1.15 bits per heavy atom. The van der Waals surface area contributed by atoms with E-state index in [2.05, 4.69) is 24.1 Å². The van der Waals surface area contributed by atoms with E-state index in [1.807, 2.05) is 0 Å². The standard InChI is InChI=1S/C25H31F3N4O2/c1-24(2)17-7-6-15(18(24)12-17)13-29-22(33)20-4-3-5-21-30-19(14-32(20)21)23(34)31-10-8-16(9-11-31)25(26,27)28/h3-5,14-18H,6-13H2,1-2H3,(H,29,33)/t15-,17-,18-/m0/s1. The molecule has 1 saturated heterocycles. The van der Waals surface area contributed by atoms with Gasteiger partial charge in [0.2, 0.25) is 0 Å². The summed E-state index contributed by atoms with van der Waals surface area (Å²) in [5.41, 5.74) is 1.34. The molecule has 3 aliphatic carbocycles. The molecule has 2 aromatic heterocycles. The largest absolute Gasteiger partial charge is 0.391 e. The number of fused-ring (bicyclic) bond motifs is 3. The van der Waals surface area contributed by atoms with Crippen molar-refractivity contribution in [2.75, 3.05) is 19.6 Å². The number of nitrogens with zero attached hydrogens (tertiary/aromatic N) is 3. The van der Waals surface area contributed by atoms with E-state index in [9.17, 15) is 22.8 Å². The summed E-state index contributed by atoms with van der Waals surface area (Å²) in [5.74, 6) is -0.0660. The molecular formula is C25H31F3N4O2. The van der Waals surface area contributed by atoms with Crippen molar-refractivity contribution in [3.05, 3.63) is 35.8 Å². The number of imidazole rings is 1. The SMILES string of the molecule is CC1(C)[C@H]2CC[C@@H](CNC(=O)c3cccc4nc(C(=O)N5CCC(C(F)(F)F)CC5)cn34)[C@@H]1C2. The maximum atomic E-state index is 13.0. The van der Waals surface area contributed by atoms with Gasteiger partial charge < -0.3 is 10.2 Å². The zero-order valence-electron chi connectivity index (χ0n) is 19.6. The molecule has 1 aliphatic heterocycles. The van der Waals surface area contributed by atoms with Gasteiger partial charge in [-0.1, -0.05) is 19.9 Å². The average Bonchev–Trinajstić information content (AvgIpc) is 3.26. The molecule has 4 aliphatic rings. The first-order valence-corrected chi connectivity index (χ1v) is 12.2. The van der Waals surface area contributed by atoms with Gasteiger partial charge in [0.1, 0.15) is 17.0 Å². The molecule has 1 N–H and O–H groups in total. The van der Waals surface area contributed by atoms with E-state index in [0.717, 1.165) is 12.3 Å². The van der Waals surface area contributed by atoms with Crippen LogP contribution in [0.4, 0.5) is 13.2 Å². The first-order chi connectivity index (χ1) is 16.1. The maximum Gasteiger partial charge on any atom is 0.391 e. The second-order valence-electron chi connectivity index (χ2n) is 10.8. The van der Waals surface area contributed by atoms with Crippen LogP contribution < -0.4 is 5.32 Å². The molecular weight excluding hydrogens is 445 g/mol. The molecule has 3 heterocycles.